The van der Waals surface area contributed by atoms with E-state index >= 15 is 0 Å². The number of rotatable bonds is 8. The molecule has 0 bridgehead atoms. The van der Waals surface area contributed by atoms with E-state index in [4.69, 9.17) is 11.6 Å². The quantitative estimate of drug-likeness (QED) is 0.367. The second-order valence-electron chi connectivity index (χ2n) is 9.43. The van der Waals surface area contributed by atoms with E-state index in [2.05, 4.69) is 4.90 Å². The molecular formula is C25H28Cl2F2N4O4S. The SMILES string of the molecule is Cl.O=C1c2cc(Cl)ccc2S(=O)(=O)N1CCCCN1CCC(n2c(=O)n(CCF)c3cc(F)ccc32)CC1. The number of unbranched alkanes of at least 4 members (excludes halogenated alkanes) is 1. The number of benzene rings is 2. The van der Waals surface area contributed by atoms with Gasteiger partial charge in [-0.15, -0.1) is 12.4 Å². The van der Waals surface area contributed by atoms with Crippen molar-refractivity contribution in [3.8, 4) is 0 Å². The van der Waals surface area contributed by atoms with Crippen molar-refractivity contribution in [2.75, 3.05) is 32.9 Å². The van der Waals surface area contributed by atoms with Crippen molar-refractivity contribution in [3.63, 3.8) is 0 Å². The second-order valence-corrected chi connectivity index (χ2v) is 11.7. The fraction of sp³-hybridized carbons (Fsp3) is 0.440. The zero-order valence-corrected chi connectivity index (χ0v) is 22.9. The van der Waals surface area contributed by atoms with Gasteiger partial charge in [0.25, 0.3) is 15.9 Å². The minimum atomic E-state index is -3.85. The number of carbonyl (C=O) groups is 1. The Balaban J connectivity index is 0.00000336. The smallest absolute Gasteiger partial charge is 0.303 e. The van der Waals surface area contributed by atoms with Crippen LogP contribution < -0.4 is 5.69 Å². The first-order valence-electron chi connectivity index (χ1n) is 12.3. The normalized spacial score (nSPS) is 17.7. The molecule has 0 aliphatic carbocycles. The molecule has 38 heavy (non-hydrogen) atoms. The zero-order chi connectivity index (χ0) is 26.3. The Morgan fingerprint density at radius 2 is 1.66 bits per heavy atom. The van der Waals surface area contributed by atoms with Crippen LogP contribution in [0.2, 0.25) is 5.02 Å². The fourth-order valence-electron chi connectivity index (χ4n) is 5.38. The standard InChI is InChI=1S/C25H27ClF2N4O4S.ClH/c26-17-3-6-23-20(15-17)24(33)31(37(23,35)36)11-2-1-10-29-12-7-19(8-13-29)32-21-5-4-18(28)16-22(21)30(14-9-27)25(32)34;/h3-6,15-16,19H,1-2,7-14H2;1H. The molecule has 1 fully saturated rings. The lowest BCUT2D eigenvalue weighted by Crippen LogP contribution is -2.38. The maximum atomic E-state index is 13.8. The molecule has 1 aromatic heterocycles. The van der Waals surface area contributed by atoms with Crippen molar-refractivity contribution in [1.82, 2.24) is 18.3 Å². The van der Waals surface area contributed by atoms with Crippen LogP contribution in [0.3, 0.4) is 0 Å². The molecule has 0 saturated carbocycles. The van der Waals surface area contributed by atoms with Crippen LogP contribution in [0.25, 0.3) is 11.0 Å². The molecule has 0 spiro atoms. The summed E-state index contributed by atoms with van der Waals surface area (Å²) in [5.74, 6) is -1.02. The molecule has 13 heteroatoms. The van der Waals surface area contributed by atoms with E-state index < -0.39 is 28.4 Å². The number of carbonyl (C=O) groups excluding carboxylic acids is 1. The lowest BCUT2D eigenvalue weighted by Gasteiger charge is -2.32. The number of alkyl halides is 1. The van der Waals surface area contributed by atoms with Gasteiger partial charge in [0.1, 0.15) is 17.4 Å². The molecule has 0 radical (unpaired) electrons. The van der Waals surface area contributed by atoms with Crippen LogP contribution in [0.4, 0.5) is 8.78 Å². The van der Waals surface area contributed by atoms with E-state index in [1.165, 1.54) is 34.9 Å². The highest BCUT2D eigenvalue weighted by Crippen LogP contribution is 2.32. The number of sulfonamides is 1. The van der Waals surface area contributed by atoms with Crippen molar-refractivity contribution in [1.29, 1.82) is 0 Å². The van der Waals surface area contributed by atoms with Gasteiger partial charge in [-0.05, 0) is 68.6 Å². The largest absolute Gasteiger partial charge is 0.329 e. The number of fused-ring (bicyclic) bond motifs is 2. The van der Waals surface area contributed by atoms with Gasteiger partial charge in [0, 0.05) is 30.7 Å². The molecule has 2 aromatic carbocycles. The number of hydrogen-bond donors (Lipinski definition) is 0. The number of likely N-dealkylation sites (tertiary alicyclic amines) is 1. The van der Waals surface area contributed by atoms with E-state index in [9.17, 15) is 26.8 Å². The van der Waals surface area contributed by atoms with Crippen molar-refractivity contribution in [3.05, 3.63) is 63.3 Å². The summed E-state index contributed by atoms with van der Waals surface area (Å²) in [6, 6.07) is 8.30. The van der Waals surface area contributed by atoms with Gasteiger partial charge in [-0.25, -0.2) is 26.3 Å². The molecule has 206 valence electrons. The van der Waals surface area contributed by atoms with Crippen LogP contribution in [0.15, 0.2) is 46.1 Å². The lowest BCUT2D eigenvalue weighted by molar-refractivity contribution is 0.0868. The minimum Gasteiger partial charge on any atom is -0.303 e. The van der Waals surface area contributed by atoms with Gasteiger partial charge >= 0.3 is 5.69 Å². The third kappa shape index (κ3) is 5.09. The zero-order valence-electron chi connectivity index (χ0n) is 20.5. The maximum Gasteiger partial charge on any atom is 0.329 e. The monoisotopic (exact) mass is 588 g/mol. The second kappa shape index (κ2) is 11.3. The van der Waals surface area contributed by atoms with Gasteiger partial charge in [0.15, 0.2) is 0 Å². The molecule has 5 rings (SSSR count). The number of amides is 1. The van der Waals surface area contributed by atoms with Crippen molar-refractivity contribution >= 4 is 51.0 Å². The topological polar surface area (TPSA) is 84.6 Å². The molecular weight excluding hydrogens is 561 g/mol. The summed E-state index contributed by atoms with van der Waals surface area (Å²) >= 11 is 5.93. The van der Waals surface area contributed by atoms with Crippen LogP contribution >= 0.6 is 24.0 Å². The Kier molecular flexibility index (Phi) is 8.51. The number of imidazole rings is 1. The average molecular weight is 589 g/mol. The molecule has 3 aromatic rings. The number of aryl methyl sites for hydroxylation is 1. The Morgan fingerprint density at radius 3 is 2.37 bits per heavy atom. The highest BCUT2D eigenvalue weighted by atomic mass is 35.5. The van der Waals surface area contributed by atoms with Gasteiger partial charge in [-0.3, -0.25) is 13.9 Å². The molecule has 3 heterocycles. The molecule has 2 aliphatic heterocycles. The fourth-order valence-corrected chi connectivity index (χ4v) is 7.14. The summed E-state index contributed by atoms with van der Waals surface area (Å²) in [5.41, 5.74) is 0.800. The van der Waals surface area contributed by atoms with E-state index in [-0.39, 0.29) is 47.7 Å². The Labute approximate surface area is 230 Å². The van der Waals surface area contributed by atoms with Crippen molar-refractivity contribution in [2.24, 2.45) is 0 Å². The molecule has 2 aliphatic rings. The van der Waals surface area contributed by atoms with Crippen LogP contribution in [-0.2, 0) is 16.6 Å². The van der Waals surface area contributed by atoms with E-state index in [1.54, 1.807) is 10.6 Å². The first-order valence-corrected chi connectivity index (χ1v) is 14.1. The highest BCUT2D eigenvalue weighted by molar-refractivity contribution is 7.90. The highest BCUT2D eigenvalue weighted by Gasteiger charge is 2.40. The summed E-state index contributed by atoms with van der Waals surface area (Å²) in [5, 5.41) is 0.314. The third-order valence-corrected chi connectivity index (χ3v) is 9.28. The van der Waals surface area contributed by atoms with E-state index in [1.807, 2.05) is 0 Å². The third-order valence-electron chi connectivity index (χ3n) is 7.21. The molecule has 0 N–H and O–H groups in total. The summed E-state index contributed by atoms with van der Waals surface area (Å²) in [7, 11) is -3.85. The number of nitrogens with zero attached hydrogens (tertiary/aromatic N) is 4. The number of halogens is 4. The first-order chi connectivity index (χ1) is 17.7. The molecule has 0 atom stereocenters. The summed E-state index contributed by atoms with van der Waals surface area (Å²) in [4.78, 5) is 27.9. The lowest BCUT2D eigenvalue weighted by atomic mass is 10.0. The van der Waals surface area contributed by atoms with Crippen molar-refractivity contribution in [2.45, 2.75) is 43.2 Å². The summed E-state index contributed by atoms with van der Waals surface area (Å²) in [6.45, 7) is 1.48. The van der Waals surface area contributed by atoms with E-state index in [0.717, 1.165) is 23.9 Å². The number of piperidine rings is 1. The van der Waals surface area contributed by atoms with Gasteiger partial charge in [0.2, 0.25) is 0 Å². The summed E-state index contributed by atoms with van der Waals surface area (Å²) in [6.07, 6.45) is 2.65. The molecule has 1 saturated heterocycles. The molecule has 0 unspecified atom stereocenters. The Bertz CT molecular complexity index is 1520. The number of hydrogen-bond acceptors (Lipinski definition) is 5. The maximum absolute atomic E-state index is 13.8. The predicted molar refractivity (Wildman–Crippen MR) is 143 cm³/mol. The average Bonchev–Trinajstić information content (AvgIpc) is 3.24. The van der Waals surface area contributed by atoms with Crippen molar-refractivity contribution < 1.29 is 22.0 Å². The van der Waals surface area contributed by atoms with Crippen LogP contribution in [0.1, 0.15) is 42.1 Å². The van der Waals surface area contributed by atoms with Crippen LogP contribution in [0.5, 0.6) is 0 Å². The Morgan fingerprint density at radius 1 is 0.947 bits per heavy atom. The predicted octanol–water partition coefficient (Wildman–Crippen LogP) is 4.25. The molecule has 1 amide bonds. The Hall–Kier alpha value is -2.47. The van der Waals surface area contributed by atoms with Gasteiger partial charge in [-0.1, -0.05) is 11.6 Å². The van der Waals surface area contributed by atoms with E-state index in [0.29, 0.717) is 41.7 Å². The van der Waals surface area contributed by atoms with Gasteiger partial charge < -0.3 is 4.90 Å². The van der Waals surface area contributed by atoms with Crippen LogP contribution in [0, 0.1) is 5.82 Å². The summed E-state index contributed by atoms with van der Waals surface area (Å²) < 4.78 is 56.2. The van der Waals surface area contributed by atoms with Gasteiger partial charge in [0.05, 0.1) is 23.1 Å². The van der Waals surface area contributed by atoms with Gasteiger partial charge in [-0.2, -0.15) is 0 Å². The first kappa shape index (κ1) is 28.5. The van der Waals surface area contributed by atoms with Crippen LogP contribution in [-0.4, -0.2) is 65.5 Å². The number of aromatic nitrogens is 2. The minimum absolute atomic E-state index is 0. The molecule has 8 nitrogen and oxygen atoms in total.